The maximum atomic E-state index is 12.1. The zero-order valence-corrected chi connectivity index (χ0v) is 24.0. The van der Waals surface area contributed by atoms with Crippen LogP contribution in [-0.2, 0) is 25.6 Å². The molecule has 0 atom stereocenters. The molecular weight excluding hydrogens is 520 g/mol. The van der Waals surface area contributed by atoms with E-state index in [0.29, 0.717) is 29.4 Å². The molecule has 1 N–H and O–H groups in total. The molecule has 0 radical (unpaired) electrons. The summed E-state index contributed by atoms with van der Waals surface area (Å²) in [6.45, 7) is 6.78. The molecule has 0 fully saturated rings. The largest absolute Gasteiger partial charge is 0.444 e. The summed E-state index contributed by atoms with van der Waals surface area (Å²) in [5.74, 6) is 1.20. The summed E-state index contributed by atoms with van der Waals surface area (Å²) in [4.78, 5) is 29.2. The average Bonchev–Trinajstić information content (AvgIpc) is 2.86. The molecule has 39 heavy (non-hydrogen) atoms. The molecule has 0 aliphatic carbocycles. The van der Waals surface area contributed by atoms with E-state index in [1.54, 1.807) is 48.6 Å². The van der Waals surface area contributed by atoms with Crippen molar-refractivity contribution >= 4 is 33.7 Å². The lowest BCUT2D eigenvalue weighted by Gasteiger charge is -2.25. The Bertz CT molecular complexity index is 1360. The average molecular weight is 557 g/mol. The highest BCUT2D eigenvalue weighted by molar-refractivity contribution is 7.85. The van der Waals surface area contributed by atoms with Crippen molar-refractivity contribution in [1.82, 2.24) is 19.9 Å². The second-order valence-electron chi connectivity index (χ2n) is 10.1. The van der Waals surface area contributed by atoms with Gasteiger partial charge in [-0.1, -0.05) is 12.1 Å². The van der Waals surface area contributed by atoms with Crippen LogP contribution in [0.3, 0.4) is 0 Å². The van der Waals surface area contributed by atoms with Gasteiger partial charge in [0, 0.05) is 50.8 Å². The Kier molecular flexibility index (Phi) is 9.81. The van der Waals surface area contributed by atoms with E-state index in [-0.39, 0.29) is 12.7 Å². The fraction of sp³-hybridized carbons (Fsp3) is 0.407. The van der Waals surface area contributed by atoms with Crippen LogP contribution in [-0.4, -0.2) is 73.4 Å². The van der Waals surface area contributed by atoms with Gasteiger partial charge in [-0.25, -0.2) is 19.7 Å². The van der Waals surface area contributed by atoms with Crippen LogP contribution in [0.5, 0.6) is 0 Å². The molecule has 0 aliphatic heterocycles. The van der Waals surface area contributed by atoms with Crippen molar-refractivity contribution in [3.05, 3.63) is 60.4 Å². The highest BCUT2D eigenvalue weighted by atomic mass is 32.2. The Labute approximate surface area is 230 Å². The van der Waals surface area contributed by atoms with Crippen LogP contribution < -0.4 is 10.2 Å². The summed E-state index contributed by atoms with van der Waals surface area (Å²) in [6.07, 6.45) is 4.86. The van der Waals surface area contributed by atoms with Crippen molar-refractivity contribution in [2.45, 2.75) is 39.4 Å². The first-order chi connectivity index (χ1) is 18.3. The van der Waals surface area contributed by atoms with Crippen LogP contribution in [0.4, 0.5) is 22.2 Å². The molecule has 0 saturated heterocycles. The number of hydrogen-bond acceptors (Lipinski definition) is 10. The van der Waals surface area contributed by atoms with Crippen molar-refractivity contribution in [3.8, 4) is 11.3 Å². The lowest BCUT2D eigenvalue weighted by molar-refractivity contribution is 0.0298. The van der Waals surface area contributed by atoms with E-state index in [1.807, 2.05) is 50.9 Å². The van der Waals surface area contributed by atoms with E-state index in [9.17, 15) is 13.2 Å². The van der Waals surface area contributed by atoms with Gasteiger partial charge in [-0.05, 0) is 63.1 Å². The van der Waals surface area contributed by atoms with Crippen LogP contribution in [0.25, 0.3) is 11.3 Å². The fourth-order valence-corrected chi connectivity index (χ4v) is 3.83. The molecule has 0 saturated carbocycles. The van der Waals surface area contributed by atoms with E-state index < -0.39 is 15.7 Å². The van der Waals surface area contributed by atoms with Crippen molar-refractivity contribution in [2.24, 2.45) is 0 Å². The number of ether oxygens (including phenoxy) is 1. The minimum absolute atomic E-state index is 0.0534. The lowest BCUT2D eigenvalue weighted by atomic mass is 10.2. The number of amides is 1. The third kappa shape index (κ3) is 10.1. The number of benzene rings is 1. The first-order valence-corrected chi connectivity index (χ1v) is 14.3. The summed E-state index contributed by atoms with van der Waals surface area (Å²) >= 11 is 0. The van der Waals surface area contributed by atoms with Gasteiger partial charge < -0.3 is 19.9 Å². The Balaban J connectivity index is 1.57. The topological polar surface area (TPSA) is 127 Å². The molecule has 11 nitrogen and oxygen atoms in total. The summed E-state index contributed by atoms with van der Waals surface area (Å²) in [7, 11) is 0.159. The predicted molar refractivity (Wildman–Crippen MR) is 151 cm³/mol. The molecule has 0 aliphatic rings. The Hall–Kier alpha value is -3.77. The number of anilines is 3. The number of aromatic nitrogens is 3. The molecule has 2 heterocycles. The highest BCUT2D eigenvalue weighted by Crippen LogP contribution is 2.22. The van der Waals surface area contributed by atoms with E-state index in [0.717, 1.165) is 30.6 Å². The number of rotatable bonds is 11. The second kappa shape index (κ2) is 12.9. The molecule has 2 aromatic heterocycles. The summed E-state index contributed by atoms with van der Waals surface area (Å²) < 4.78 is 32.8. The molecule has 1 aromatic carbocycles. The van der Waals surface area contributed by atoms with Crippen molar-refractivity contribution in [1.29, 1.82) is 0 Å². The maximum absolute atomic E-state index is 12.1. The predicted octanol–water partition coefficient (Wildman–Crippen LogP) is 4.45. The van der Waals surface area contributed by atoms with Crippen LogP contribution in [0.2, 0.25) is 0 Å². The monoisotopic (exact) mass is 556 g/mol. The minimum Gasteiger partial charge on any atom is -0.444 e. The zero-order valence-electron chi connectivity index (χ0n) is 23.2. The number of pyridine rings is 1. The van der Waals surface area contributed by atoms with Gasteiger partial charge in [-0.2, -0.15) is 8.42 Å². The van der Waals surface area contributed by atoms with Crippen molar-refractivity contribution < 1.29 is 22.1 Å². The minimum atomic E-state index is -3.53. The van der Waals surface area contributed by atoms with Crippen molar-refractivity contribution in [2.75, 3.05) is 43.7 Å². The van der Waals surface area contributed by atoms with Crippen molar-refractivity contribution in [3.63, 3.8) is 0 Å². The van der Waals surface area contributed by atoms with Crippen LogP contribution in [0.1, 0.15) is 32.8 Å². The quantitative estimate of drug-likeness (QED) is 0.338. The number of hydrogen-bond donors (Lipinski definition) is 1. The zero-order chi connectivity index (χ0) is 28.6. The molecule has 12 heteroatoms. The number of nitrogens with one attached hydrogen (secondary N) is 1. The van der Waals surface area contributed by atoms with Crippen LogP contribution >= 0.6 is 0 Å². The third-order valence-electron chi connectivity index (χ3n) is 5.41. The second-order valence-corrected chi connectivity index (χ2v) is 11.8. The molecule has 3 rings (SSSR count). The summed E-state index contributed by atoms with van der Waals surface area (Å²) in [5, 5.41) is 3.14. The molecular formula is C27H36N6O5S. The molecule has 0 unspecified atom stereocenters. The standard InChI is InChI=1S/C27H36N6O5S/c1-27(2,3)38-26(34)33(5)16-8-15-32(4)24-12-11-21(18-29-24)23-13-14-28-25(31-23)30-22-10-7-9-20(17-22)19-37-39(6,35)36/h7,9-14,17-18H,8,15-16,19H2,1-6H3,(H,28,30,31). The molecule has 0 bridgehead atoms. The van der Waals surface area contributed by atoms with Gasteiger partial charge in [0.2, 0.25) is 5.95 Å². The SMILES string of the molecule is CN(CCCN(C)c1ccc(-c2ccnc(Nc3cccc(COS(C)(=O)=O)c3)n2)cn1)C(=O)OC(C)(C)C. The highest BCUT2D eigenvalue weighted by Gasteiger charge is 2.19. The molecule has 3 aromatic rings. The van der Waals surface area contributed by atoms with Gasteiger partial charge in [-0.3, -0.25) is 4.18 Å². The summed E-state index contributed by atoms with van der Waals surface area (Å²) in [6, 6.07) is 12.8. The number of carbonyl (C=O) groups is 1. The number of carbonyl (C=O) groups excluding carboxylic acids is 1. The fourth-order valence-electron chi connectivity index (χ4n) is 3.48. The van der Waals surface area contributed by atoms with Gasteiger partial charge in [-0.15, -0.1) is 0 Å². The van der Waals surface area contributed by atoms with Gasteiger partial charge in [0.05, 0.1) is 18.6 Å². The molecule has 0 spiro atoms. The van der Waals surface area contributed by atoms with Gasteiger partial charge >= 0.3 is 6.09 Å². The van der Waals surface area contributed by atoms with E-state index >= 15 is 0 Å². The van der Waals surface area contributed by atoms with Crippen LogP contribution in [0, 0.1) is 0 Å². The van der Waals surface area contributed by atoms with Crippen LogP contribution in [0.15, 0.2) is 54.9 Å². The smallest absolute Gasteiger partial charge is 0.410 e. The van der Waals surface area contributed by atoms with Gasteiger partial charge in [0.25, 0.3) is 10.1 Å². The third-order valence-corrected chi connectivity index (χ3v) is 5.95. The normalized spacial score (nSPS) is 11.6. The summed E-state index contributed by atoms with van der Waals surface area (Å²) in [5.41, 5.74) is 2.41. The molecule has 1 amide bonds. The number of nitrogens with zero attached hydrogens (tertiary/aromatic N) is 5. The maximum Gasteiger partial charge on any atom is 0.410 e. The Morgan fingerprint density at radius 2 is 1.82 bits per heavy atom. The Morgan fingerprint density at radius 1 is 1.05 bits per heavy atom. The molecule has 210 valence electrons. The first-order valence-electron chi connectivity index (χ1n) is 12.4. The lowest BCUT2D eigenvalue weighted by Crippen LogP contribution is -2.35. The van der Waals surface area contributed by atoms with E-state index in [4.69, 9.17) is 8.92 Å². The van der Waals surface area contributed by atoms with E-state index in [1.165, 1.54) is 0 Å². The first kappa shape index (κ1) is 29.8. The Morgan fingerprint density at radius 3 is 2.49 bits per heavy atom. The van der Waals surface area contributed by atoms with E-state index in [2.05, 4.69) is 20.3 Å². The van der Waals surface area contributed by atoms with Gasteiger partial charge in [0.15, 0.2) is 0 Å². The van der Waals surface area contributed by atoms with Gasteiger partial charge in [0.1, 0.15) is 11.4 Å².